The summed E-state index contributed by atoms with van der Waals surface area (Å²) in [6.07, 6.45) is 0. The molecule has 2 aromatic carbocycles. The zero-order valence-corrected chi connectivity index (χ0v) is 15.5. The molecule has 0 aromatic heterocycles. The van der Waals surface area contributed by atoms with Crippen molar-refractivity contribution in [1.29, 1.82) is 0 Å². The Bertz CT molecular complexity index is 616. The molecule has 0 amide bonds. The number of halogens is 2. The van der Waals surface area contributed by atoms with Gasteiger partial charge in [-0.3, -0.25) is 0 Å². The highest BCUT2D eigenvalue weighted by atomic mass is 79.9. The summed E-state index contributed by atoms with van der Waals surface area (Å²) < 4.78 is 12.4. The van der Waals surface area contributed by atoms with Crippen LogP contribution in [0.5, 0.6) is 11.5 Å². The van der Waals surface area contributed by atoms with Gasteiger partial charge in [0.25, 0.3) is 0 Å². The summed E-state index contributed by atoms with van der Waals surface area (Å²) in [5, 5.41) is 0.856. The van der Waals surface area contributed by atoms with E-state index in [1.807, 2.05) is 18.2 Å². The van der Waals surface area contributed by atoms with Gasteiger partial charge in [-0.05, 0) is 48.7 Å². The Morgan fingerprint density at radius 1 is 1.05 bits per heavy atom. The van der Waals surface area contributed by atoms with Gasteiger partial charge in [0.1, 0.15) is 18.1 Å². The first-order valence-corrected chi connectivity index (χ1v) is 8.58. The first-order valence-electron chi connectivity index (χ1n) is 6.66. The lowest BCUT2D eigenvalue weighted by molar-refractivity contribution is 0.293. The van der Waals surface area contributed by atoms with E-state index in [0.717, 1.165) is 38.0 Å². The molecule has 0 heterocycles. The molecule has 0 aliphatic carbocycles. The zero-order valence-electron chi connectivity index (χ0n) is 12.4. The second-order valence-corrected chi connectivity index (χ2v) is 6.41. The van der Waals surface area contributed by atoms with Crippen LogP contribution >= 0.6 is 31.9 Å². The SMILES string of the molecule is COc1ccc(Br)cc1COc1c(C)cc(CBr)cc1C. The van der Waals surface area contributed by atoms with E-state index < -0.39 is 0 Å². The van der Waals surface area contributed by atoms with Crippen molar-refractivity contribution < 1.29 is 9.47 Å². The normalized spacial score (nSPS) is 10.5. The number of benzene rings is 2. The van der Waals surface area contributed by atoms with Crippen molar-refractivity contribution in [2.24, 2.45) is 0 Å². The van der Waals surface area contributed by atoms with Gasteiger partial charge in [-0.25, -0.2) is 0 Å². The van der Waals surface area contributed by atoms with Crippen LogP contribution in [-0.2, 0) is 11.9 Å². The maximum absolute atomic E-state index is 6.03. The van der Waals surface area contributed by atoms with Gasteiger partial charge in [-0.15, -0.1) is 0 Å². The highest BCUT2D eigenvalue weighted by Crippen LogP contribution is 2.29. The van der Waals surface area contributed by atoms with E-state index in [2.05, 4.69) is 57.8 Å². The van der Waals surface area contributed by atoms with E-state index in [1.165, 1.54) is 5.56 Å². The summed E-state index contributed by atoms with van der Waals surface area (Å²) in [6.45, 7) is 4.64. The molecule has 2 aromatic rings. The molecule has 4 heteroatoms. The van der Waals surface area contributed by atoms with Gasteiger partial charge in [-0.1, -0.05) is 44.0 Å². The molecule has 2 nitrogen and oxygen atoms in total. The molecule has 0 fully saturated rings. The van der Waals surface area contributed by atoms with Crippen LogP contribution in [0.25, 0.3) is 0 Å². The molecule has 0 aliphatic rings. The fourth-order valence-electron chi connectivity index (χ4n) is 2.35. The largest absolute Gasteiger partial charge is 0.496 e. The maximum atomic E-state index is 6.03. The van der Waals surface area contributed by atoms with Gasteiger partial charge < -0.3 is 9.47 Å². The first kappa shape index (κ1) is 16.4. The Kier molecular flexibility index (Phi) is 5.71. The number of hydrogen-bond donors (Lipinski definition) is 0. The average Bonchev–Trinajstić information content (AvgIpc) is 2.46. The fraction of sp³-hybridized carbons (Fsp3) is 0.294. The van der Waals surface area contributed by atoms with Gasteiger partial charge >= 0.3 is 0 Å². The summed E-state index contributed by atoms with van der Waals surface area (Å²) in [5.41, 5.74) is 4.59. The average molecular weight is 414 g/mol. The number of methoxy groups -OCH3 is 1. The van der Waals surface area contributed by atoms with Crippen LogP contribution in [0.4, 0.5) is 0 Å². The van der Waals surface area contributed by atoms with Gasteiger partial charge in [0.05, 0.1) is 7.11 Å². The van der Waals surface area contributed by atoms with E-state index in [0.29, 0.717) is 6.61 Å². The van der Waals surface area contributed by atoms with Crippen molar-refractivity contribution in [3.05, 3.63) is 57.1 Å². The third-order valence-electron chi connectivity index (χ3n) is 3.29. The van der Waals surface area contributed by atoms with Crippen LogP contribution in [0, 0.1) is 13.8 Å². The molecular formula is C17H18Br2O2. The molecule has 21 heavy (non-hydrogen) atoms. The van der Waals surface area contributed by atoms with Gasteiger partial charge in [-0.2, -0.15) is 0 Å². The quantitative estimate of drug-likeness (QED) is 0.598. The summed E-state index contributed by atoms with van der Waals surface area (Å²) >= 11 is 6.97. The molecule has 0 unspecified atom stereocenters. The lowest BCUT2D eigenvalue weighted by Crippen LogP contribution is -2.02. The number of aryl methyl sites for hydroxylation is 2. The van der Waals surface area contributed by atoms with Crippen molar-refractivity contribution in [3.63, 3.8) is 0 Å². The van der Waals surface area contributed by atoms with Crippen LogP contribution < -0.4 is 9.47 Å². The molecule has 2 rings (SSSR count). The highest BCUT2D eigenvalue weighted by Gasteiger charge is 2.09. The summed E-state index contributed by atoms with van der Waals surface area (Å²) in [7, 11) is 1.67. The molecule has 112 valence electrons. The number of alkyl halides is 1. The van der Waals surface area contributed by atoms with E-state index in [4.69, 9.17) is 9.47 Å². The van der Waals surface area contributed by atoms with Gasteiger partial charge in [0.15, 0.2) is 0 Å². The Balaban J connectivity index is 2.22. The molecule has 0 spiro atoms. The number of ether oxygens (including phenoxy) is 2. The molecule has 0 N–H and O–H groups in total. The minimum Gasteiger partial charge on any atom is -0.496 e. The third-order valence-corrected chi connectivity index (χ3v) is 4.43. The van der Waals surface area contributed by atoms with Crippen LogP contribution in [0.3, 0.4) is 0 Å². The predicted molar refractivity (Wildman–Crippen MR) is 93.6 cm³/mol. The van der Waals surface area contributed by atoms with Crippen LogP contribution in [-0.4, -0.2) is 7.11 Å². The molecule has 0 saturated carbocycles. The zero-order chi connectivity index (χ0) is 15.4. The predicted octanol–water partition coefficient (Wildman–Crippen LogP) is 5.55. The lowest BCUT2D eigenvalue weighted by atomic mass is 10.1. The topological polar surface area (TPSA) is 18.5 Å². The standard InChI is InChI=1S/C17H18Br2O2/c1-11-6-13(9-18)7-12(2)17(11)21-10-14-8-15(19)4-5-16(14)20-3/h4-8H,9-10H2,1-3H3. The van der Waals surface area contributed by atoms with Crippen LogP contribution in [0.1, 0.15) is 22.3 Å². The lowest BCUT2D eigenvalue weighted by Gasteiger charge is -2.15. The van der Waals surface area contributed by atoms with Crippen molar-refractivity contribution in [2.45, 2.75) is 25.8 Å². The highest BCUT2D eigenvalue weighted by molar-refractivity contribution is 9.10. The van der Waals surface area contributed by atoms with Crippen molar-refractivity contribution in [2.75, 3.05) is 7.11 Å². The first-order chi connectivity index (χ1) is 10.0. The second kappa shape index (κ2) is 7.32. The monoisotopic (exact) mass is 412 g/mol. The van der Waals surface area contributed by atoms with E-state index in [-0.39, 0.29) is 0 Å². The Morgan fingerprint density at radius 3 is 2.29 bits per heavy atom. The second-order valence-electron chi connectivity index (χ2n) is 4.94. The Hall–Kier alpha value is -1.00. The van der Waals surface area contributed by atoms with E-state index >= 15 is 0 Å². The fourth-order valence-corrected chi connectivity index (χ4v) is 3.09. The van der Waals surface area contributed by atoms with E-state index in [1.54, 1.807) is 7.11 Å². The van der Waals surface area contributed by atoms with Crippen molar-refractivity contribution >= 4 is 31.9 Å². The molecule has 0 saturated heterocycles. The molecule has 0 atom stereocenters. The Morgan fingerprint density at radius 2 is 1.71 bits per heavy atom. The smallest absolute Gasteiger partial charge is 0.125 e. The molecular weight excluding hydrogens is 396 g/mol. The number of rotatable bonds is 5. The van der Waals surface area contributed by atoms with Gasteiger partial charge in [0.2, 0.25) is 0 Å². The van der Waals surface area contributed by atoms with Crippen LogP contribution in [0.15, 0.2) is 34.8 Å². The molecule has 0 aliphatic heterocycles. The van der Waals surface area contributed by atoms with Crippen LogP contribution in [0.2, 0.25) is 0 Å². The minimum absolute atomic E-state index is 0.484. The summed E-state index contributed by atoms with van der Waals surface area (Å²) in [6, 6.07) is 10.2. The Labute approximate surface area is 142 Å². The third kappa shape index (κ3) is 4.01. The maximum Gasteiger partial charge on any atom is 0.125 e. The van der Waals surface area contributed by atoms with E-state index in [9.17, 15) is 0 Å². The van der Waals surface area contributed by atoms with Gasteiger partial charge in [0, 0.05) is 15.4 Å². The minimum atomic E-state index is 0.484. The molecule has 0 radical (unpaired) electrons. The number of hydrogen-bond acceptors (Lipinski definition) is 2. The summed E-state index contributed by atoms with van der Waals surface area (Å²) in [5.74, 6) is 1.78. The van der Waals surface area contributed by atoms with Crippen molar-refractivity contribution in [3.8, 4) is 11.5 Å². The molecule has 0 bridgehead atoms. The summed E-state index contributed by atoms with van der Waals surface area (Å²) in [4.78, 5) is 0. The van der Waals surface area contributed by atoms with Crippen molar-refractivity contribution in [1.82, 2.24) is 0 Å².